The Morgan fingerprint density at radius 3 is 2.66 bits per heavy atom. The van der Waals surface area contributed by atoms with Crippen LogP contribution in [0.3, 0.4) is 0 Å². The Labute approximate surface area is 195 Å². The van der Waals surface area contributed by atoms with Gasteiger partial charge in [-0.3, -0.25) is 14.4 Å². The Balaban J connectivity index is 2.01. The maximum atomic E-state index is 13.1. The average molecular weight is 463 g/mol. The standard InChI is InChI=1S/C24H35ClN4O3/c1-5-6-8-18(13-15(2)3)28-23(31)21-9-7-12-29(21)24(32)16(4)27-22(30)17-10-11-20(26)19(25)14-17/h10-11,14,16,18,21H,2,5-9,12-13,26H2,1,3-4H3,(H,27,30)(H,28,31). The van der Waals surface area contributed by atoms with Crippen molar-refractivity contribution in [2.75, 3.05) is 12.3 Å². The van der Waals surface area contributed by atoms with Crippen LogP contribution in [0.15, 0.2) is 30.4 Å². The molecule has 1 saturated heterocycles. The maximum absolute atomic E-state index is 13.1. The zero-order valence-corrected chi connectivity index (χ0v) is 20.0. The second-order valence-electron chi connectivity index (χ2n) is 8.63. The molecule has 8 heteroatoms. The van der Waals surface area contributed by atoms with Crippen LogP contribution in [0.2, 0.25) is 5.02 Å². The number of hydrogen-bond acceptors (Lipinski definition) is 4. The zero-order chi connectivity index (χ0) is 23.8. The van der Waals surface area contributed by atoms with Gasteiger partial charge in [-0.15, -0.1) is 6.58 Å². The summed E-state index contributed by atoms with van der Waals surface area (Å²) >= 11 is 5.99. The van der Waals surface area contributed by atoms with Gasteiger partial charge in [-0.1, -0.05) is 36.9 Å². The smallest absolute Gasteiger partial charge is 0.251 e. The van der Waals surface area contributed by atoms with E-state index in [1.807, 2.05) is 6.92 Å². The third kappa shape index (κ3) is 6.99. The number of benzene rings is 1. The van der Waals surface area contributed by atoms with Gasteiger partial charge in [-0.2, -0.15) is 0 Å². The van der Waals surface area contributed by atoms with Crippen molar-refractivity contribution in [1.29, 1.82) is 0 Å². The number of rotatable bonds is 10. The number of nitrogens with two attached hydrogens (primary N) is 1. The number of anilines is 1. The molecule has 1 aromatic rings. The lowest BCUT2D eigenvalue weighted by Crippen LogP contribution is -2.53. The van der Waals surface area contributed by atoms with E-state index < -0.39 is 18.0 Å². The van der Waals surface area contributed by atoms with Crippen LogP contribution in [0, 0.1) is 0 Å². The first kappa shape index (κ1) is 25.7. The van der Waals surface area contributed by atoms with Crippen molar-refractivity contribution in [1.82, 2.24) is 15.5 Å². The van der Waals surface area contributed by atoms with Crippen molar-refractivity contribution in [3.8, 4) is 0 Å². The number of hydrogen-bond donors (Lipinski definition) is 3. The number of carbonyl (C=O) groups excluding carboxylic acids is 3. The third-order valence-corrected chi connectivity index (χ3v) is 5.99. The van der Waals surface area contributed by atoms with Gasteiger partial charge in [0, 0.05) is 18.2 Å². The highest BCUT2D eigenvalue weighted by Crippen LogP contribution is 2.21. The summed E-state index contributed by atoms with van der Waals surface area (Å²) in [5, 5.41) is 6.10. The molecule has 2 rings (SSSR count). The van der Waals surface area contributed by atoms with Crippen LogP contribution in [0.1, 0.15) is 69.7 Å². The second-order valence-corrected chi connectivity index (χ2v) is 9.04. The molecule has 3 amide bonds. The van der Waals surface area contributed by atoms with Crippen LogP contribution in [-0.2, 0) is 9.59 Å². The molecular formula is C24H35ClN4O3. The Morgan fingerprint density at radius 2 is 2.03 bits per heavy atom. The number of likely N-dealkylation sites (tertiary alicyclic amines) is 1. The Kier molecular flexibility index (Phi) is 9.57. The van der Waals surface area contributed by atoms with Gasteiger partial charge < -0.3 is 21.3 Å². The Morgan fingerprint density at radius 1 is 1.31 bits per heavy atom. The summed E-state index contributed by atoms with van der Waals surface area (Å²) in [5.74, 6) is -0.835. The van der Waals surface area contributed by atoms with Crippen molar-refractivity contribution in [3.05, 3.63) is 40.9 Å². The van der Waals surface area contributed by atoms with Crippen LogP contribution in [0.25, 0.3) is 0 Å². The first-order chi connectivity index (χ1) is 15.1. The van der Waals surface area contributed by atoms with Crippen molar-refractivity contribution in [2.24, 2.45) is 0 Å². The van der Waals surface area contributed by atoms with Gasteiger partial charge in [0.1, 0.15) is 12.1 Å². The Bertz CT molecular complexity index is 858. The predicted octanol–water partition coefficient (Wildman–Crippen LogP) is 3.67. The SMILES string of the molecule is C=C(C)CC(CCCC)NC(=O)C1CCCN1C(=O)C(C)NC(=O)c1ccc(N)c(Cl)c1. The molecule has 7 nitrogen and oxygen atoms in total. The first-order valence-corrected chi connectivity index (χ1v) is 11.6. The zero-order valence-electron chi connectivity index (χ0n) is 19.2. The van der Waals surface area contributed by atoms with E-state index >= 15 is 0 Å². The van der Waals surface area contributed by atoms with Crippen molar-refractivity contribution >= 4 is 35.0 Å². The van der Waals surface area contributed by atoms with Crippen LogP contribution < -0.4 is 16.4 Å². The van der Waals surface area contributed by atoms with E-state index in [0.717, 1.165) is 37.7 Å². The minimum absolute atomic E-state index is 0.0184. The lowest BCUT2D eigenvalue weighted by atomic mass is 10.0. The maximum Gasteiger partial charge on any atom is 0.251 e. The highest BCUT2D eigenvalue weighted by molar-refractivity contribution is 6.33. The lowest BCUT2D eigenvalue weighted by Gasteiger charge is -2.29. The molecule has 0 radical (unpaired) electrons. The fourth-order valence-electron chi connectivity index (χ4n) is 3.96. The van der Waals surface area contributed by atoms with Crippen LogP contribution in [-0.4, -0.2) is 47.3 Å². The monoisotopic (exact) mass is 462 g/mol. The molecule has 1 aliphatic heterocycles. The van der Waals surface area contributed by atoms with Gasteiger partial charge >= 0.3 is 0 Å². The van der Waals surface area contributed by atoms with Crippen molar-refractivity contribution in [2.45, 2.75) is 77.4 Å². The van der Waals surface area contributed by atoms with E-state index in [1.165, 1.54) is 6.07 Å². The number of halogens is 1. The largest absolute Gasteiger partial charge is 0.398 e. The summed E-state index contributed by atoms with van der Waals surface area (Å²) in [6, 6.07) is 3.28. The number of nitrogens with zero attached hydrogens (tertiary/aromatic N) is 1. The number of nitrogen functional groups attached to an aromatic ring is 1. The van der Waals surface area contributed by atoms with E-state index in [4.69, 9.17) is 17.3 Å². The molecular weight excluding hydrogens is 428 g/mol. The number of amides is 3. The van der Waals surface area contributed by atoms with Crippen molar-refractivity contribution in [3.63, 3.8) is 0 Å². The van der Waals surface area contributed by atoms with E-state index in [2.05, 4.69) is 24.1 Å². The summed E-state index contributed by atoms with van der Waals surface area (Å²) in [5.41, 5.74) is 7.40. The minimum Gasteiger partial charge on any atom is -0.398 e. The van der Waals surface area contributed by atoms with E-state index in [9.17, 15) is 14.4 Å². The van der Waals surface area contributed by atoms with Crippen LogP contribution in [0.5, 0.6) is 0 Å². The number of unbranched alkanes of at least 4 members (excludes halogenated alkanes) is 1. The topological polar surface area (TPSA) is 105 Å². The molecule has 1 fully saturated rings. The van der Waals surface area contributed by atoms with E-state index in [0.29, 0.717) is 24.2 Å². The molecule has 0 saturated carbocycles. The lowest BCUT2D eigenvalue weighted by molar-refractivity contribution is -0.139. The molecule has 176 valence electrons. The van der Waals surface area contributed by atoms with Gasteiger partial charge in [0.2, 0.25) is 11.8 Å². The molecule has 0 bridgehead atoms. The molecule has 3 unspecified atom stereocenters. The van der Waals surface area contributed by atoms with Crippen LogP contribution >= 0.6 is 11.6 Å². The fourth-order valence-corrected chi connectivity index (χ4v) is 4.14. The number of carbonyl (C=O) groups is 3. The summed E-state index contributed by atoms with van der Waals surface area (Å²) in [6.45, 7) is 10.1. The van der Waals surface area contributed by atoms with Gasteiger partial charge in [-0.05, 0) is 57.7 Å². The predicted molar refractivity (Wildman–Crippen MR) is 128 cm³/mol. The third-order valence-electron chi connectivity index (χ3n) is 5.67. The van der Waals surface area contributed by atoms with Gasteiger partial charge in [0.15, 0.2) is 0 Å². The molecule has 32 heavy (non-hydrogen) atoms. The first-order valence-electron chi connectivity index (χ1n) is 11.2. The highest BCUT2D eigenvalue weighted by Gasteiger charge is 2.37. The van der Waals surface area contributed by atoms with Gasteiger partial charge in [0.05, 0.1) is 10.7 Å². The van der Waals surface area contributed by atoms with Gasteiger partial charge in [0.25, 0.3) is 5.91 Å². The molecule has 0 spiro atoms. The number of nitrogens with one attached hydrogen (secondary N) is 2. The summed E-state index contributed by atoms with van der Waals surface area (Å²) in [6.07, 6.45) is 5.03. The summed E-state index contributed by atoms with van der Waals surface area (Å²) in [4.78, 5) is 40.2. The average Bonchev–Trinajstić information content (AvgIpc) is 3.22. The van der Waals surface area contributed by atoms with Gasteiger partial charge in [-0.25, -0.2) is 0 Å². The Hall–Kier alpha value is -2.54. The quantitative estimate of drug-likeness (QED) is 0.364. The summed E-state index contributed by atoms with van der Waals surface area (Å²) in [7, 11) is 0. The highest BCUT2D eigenvalue weighted by atomic mass is 35.5. The molecule has 3 atom stereocenters. The molecule has 0 aliphatic carbocycles. The summed E-state index contributed by atoms with van der Waals surface area (Å²) < 4.78 is 0. The van der Waals surface area contributed by atoms with Crippen molar-refractivity contribution < 1.29 is 14.4 Å². The molecule has 1 aliphatic rings. The fraction of sp³-hybridized carbons (Fsp3) is 0.542. The van der Waals surface area contributed by atoms with E-state index in [1.54, 1.807) is 24.0 Å². The molecule has 1 heterocycles. The minimum atomic E-state index is -0.779. The molecule has 1 aromatic carbocycles. The van der Waals surface area contributed by atoms with Crippen LogP contribution in [0.4, 0.5) is 5.69 Å². The normalized spacial score (nSPS) is 17.5. The molecule has 4 N–H and O–H groups in total. The molecule has 0 aromatic heterocycles. The van der Waals surface area contributed by atoms with E-state index in [-0.39, 0.29) is 22.9 Å². The second kappa shape index (κ2) is 11.9.